The highest BCUT2D eigenvalue weighted by atomic mass is 79.9. The SMILES string of the molecule is CC(N[C@@H](C)c1cccc(Br)c1)c1cc(O)cc(O)c1. The lowest BCUT2D eigenvalue weighted by Crippen LogP contribution is -2.22. The van der Waals surface area contributed by atoms with Crippen molar-refractivity contribution in [2.45, 2.75) is 25.9 Å². The van der Waals surface area contributed by atoms with Gasteiger partial charge >= 0.3 is 0 Å². The smallest absolute Gasteiger partial charge is 0.119 e. The highest BCUT2D eigenvalue weighted by Gasteiger charge is 2.12. The van der Waals surface area contributed by atoms with Crippen molar-refractivity contribution in [1.82, 2.24) is 5.32 Å². The maximum Gasteiger partial charge on any atom is 0.119 e. The number of aromatic hydroxyl groups is 2. The Kier molecular flexibility index (Phi) is 4.68. The molecule has 1 unspecified atom stereocenters. The second kappa shape index (κ2) is 6.29. The van der Waals surface area contributed by atoms with Crippen molar-refractivity contribution >= 4 is 15.9 Å². The van der Waals surface area contributed by atoms with Gasteiger partial charge in [0.15, 0.2) is 0 Å². The van der Waals surface area contributed by atoms with Crippen molar-refractivity contribution in [2.24, 2.45) is 0 Å². The Bertz CT molecular complexity index is 581. The zero-order valence-corrected chi connectivity index (χ0v) is 13.1. The molecule has 2 aromatic carbocycles. The minimum absolute atomic E-state index is 0.0157. The minimum atomic E-state index is 0.0157. The maximum absolute atomic E-state index is 9.54. The van der Waals surface area contributed by atoms with Gasteiger partial charge in [0.2, 0.25) is 0 Å². The molecule has 0 aliphatic heterocycles. The summed E-state index contributed by atoms with van der Waals surface area (Å²) in [4.78, 5) is 0. The number of nitrogens with one attached hydrogen (secondary N) is 1. The van der Waals surface area contributed by atoms with E-state index in [1.165, 1.54) is 11.6 Å². The molecule has 0 radical (unpaired) electrons. The number of hydrogen-bond donors (Lipinski definition) is 3. The van der Waals surface area contributed by atoms with E-state index in [1.54, 1.807) is 12.1 Å². The Hall–Kier alpha value is -1.52. The van der Waals surface area contributed by atoms with Crippen LogP contribution < -0.4 is 5.32 Å². The fourth-order valence-electron chi connectivity index (χ4n) is 2.21. The summed E-state index contributed by atoms with van der Waals surface area (Å²) in [5, 5.41) is 22.5. The van der Waals surface area contributed by atoms with E-state index in [4.69, 9.17) is 0 Å². The summed E-state index contributed by atoms with van der Waals surface area (Å²) in [6.07, 6.45) is 0. The van der Waals surface area contributed by atoms with Crippen molar-refractivity contribution in [1.29, 1.82) is 0 Å². The predicted molar refractivity (Wildman–Crippen MR) is 83.9 cm³/mol. The average molecular weight is 336 g/mol. The van der Waals surface area contributed by atoms with E-state index in [0.717, 1.165) is 10.0 Å². The van der Waals surface area contributed by atoms with Crippen LogP contribution in [0.1, 0.15) is 37.1 Å². The number of hydrogen-bond acceptors (Lipinski definition) is 3. The Morgan fingerprint density at radius 2 is 1.50 bits per heavy atom. The lowest BCUT2D eigenvalue weighted by molar-refractivity contribution is 0.442. The number of rotatable bonds is 4. The lowest BCUT2D eigenvalue weighted by Gasteiger charge is -2.21. The zero-order valence-electron chi connectivity index (χ0n) is 11.5. The summed E-state index contributed by atoms with van der Waals surface area (Å²) in [7, 11) is 0. The van der Waals surface area contributed by atoms with Gasteiger partial charge in [0.25, 0.3) is 0 Å². The van der Waals surface area contributed by atoms with Crippen molar-refractivity contribution in [3.05, 3.63) is 58.1 Å². The second-order valence-corrected chi connectivity index (χ2v) is 5.86. The molecule has 0 aromatic heterocycles. The third-order valence-electron chi connectivity index (χ3n) is 3.27. The molecule has 0 spiro atoms. The van der Waals surface area contributed by atoms with Crippen LogP contribution in [-0.4, -0.2) is 10.2 Å². The third-order valence-corrected chi connectivity index (χ3v) is 3.77. The average Bonchev–Trinajstić information content (AvgIpc) is 2.37. The minimum Gasteiger partial charge on any atom is -0.508 e. The van der Waals surface area contributed by atoms with Crippen LogP contribution in [0.25, 0.3) is 0 Å². The molecular formula is C16H18BrNO2. The molecule has 0 heterocycles. The fourth-order valence-corrected chi connectivity index (χ4v) is 2.63. The Morgan fingerprint density at radius 1 is 0.900 bits per heavy atom. The quantitative estimate of drug-likeness (QED) is 0.781. The van der Waals surface area contributed by atoms with E-state index in [2.05, 4.69) is 40.3 Å². The van der Waals surface area contributed by atoms with Crippen LogP contribution in [0, 0.1) is 0 Å². The fraction of sp³-hybridized carbons (Fsp3) is 0.250. The molecule has 2 aromatic rings. The summed E-state index contributed by atoms with van der Waals surface area (Å²) >= 11 is 3.47. The van der Waals surface area contributed by atoms with Gasteiger partial charge in [0.05, 0.1) is 0 Å². The molecule has 3 N–H and O–H groups in total. The Morgan fingerprint density at radius 3 is 2.10 bits per heavy atom. The molecule has 0 bridgehead atoms. The van der Waals surface area contributed by atoms with E-state index in [0.29, 0.717) is 0 Å². The van der Waals surface area contributed by atoms with E-state index < -0.39 is 0 Å². The zero-order chi connectivity index (χ0) is 14.7. The van der Waals surface area contributed by atoms with Gasteiger partial charge in [-0.25, -0.2) is 0 Å². The van der Waals surface area contributed by atoms with Crippen LogP contribution in [0.4, 0.5) is 0 Å². The van der Waals surface area contributed by atoms with Crippen LogP contribution in [-0.2, 0) is 0 Å². The van der Waals surface area contributed by atoms with Crippen molar-refractivity contribution < 1.29 is 10.2 Å². The molecule has 4 heteroatoms. The number of benzene rings is 2. The summed E-state index contributed by atoms with van der Waals surface area (Å²) in [5.41, 5.74) is 2.03. The van der Waals surface area contributed by atoms with Crippen LogP contribution in [0.2, 0.25) is 0 Å². The van der Waals surface area contributed by atoms with Crippen LogP contribution in [0.5, 0.6) is 11.5 Å². The van der Waals surface area contributed by atoms with Gasteiger partial charge in [-0.3, -0.25) is 0 Å². The van der Waals surface area contributed by atoms with Crippen molar-refractivity contribution in [3.8, 4) is 11.5 Å². The normalized spacial score (nSPS) is 13.9. The van der Waals surface area contributed by atoms with Crippen molar-refractivity contribution in [3.63, 3.8) is 0 Å². The molecule has 0 saturated heterocycles. The van der Waals surface area contributed by atoms with Crippen molar-refractivity contribution in [2.75, 3.05) is 0 Å². The topological polar surface area (TPSA) is 52.5 Å². The first-order chi connectivity index (χ1) is 9.45. The van der Waals surface area contributed by atoms with Gasteiger partial charge < -0.3 is 15.5 Å². The molecule has 0 saturated carbocycles. The molecule has 106 valence electrons. The molecule has 0 fully saturated rings. The highest BCUT2D eigenvalue weighted by molar-refractivity contribution is 9.10. The molecule has 0 aliphatic rings. The standard InChI is InChI=1S/C16H18BrNO2/c1-10(12-4-3-5-14(17)6-12)18-11(2)13-7-15(19)9-16(20)8-13/h3-11,18-20H,1-2H3/t10-,11?/m0/s1. The number of phenols is 2. The van der Waals surface area contributed by atoms with Crippen LogP contribution in [0.3, 0.4) is 0 Å². The molecule has 2 rings (SSSR count). The molecule has 2 atom stereocenters. The second-order valence-electron chi connectivity index (χ2n) is 4.95. The maximum atomic E-state index is 9.54. The highest BCUT2D eigenvalue weighted by Crippen LogP contribution is 2.27. The van der Waals surface area contributed by atoms with Gasteiger partial charge in [0.1, 0.15) is 11.5 Å². The van der Waals surface area contributed by atoms with Crippen LogP contribution in [0.15, 0.2) is 46.9 Å². The first-order valence-electron chi connectivity index (χ1n) is 6.50. The number of phenolic OH excluding ortho intramolecular Hbond substituents is 2. The molecule has 0 aliphatic carbocycles. The molecular weight excluding hydrogens is 318 g/mol. The van der Waals surface area contributed by atoms with Gasteiger partial charge in [-0.05, 0) is 49.2 Å². The van der Waals surface area contributed by atoms with Gasteiger partial charge in [0, 0.05) is 22.6 Å². The molecule has 0 amide bonds. The molecule has 3 nitrogen and oxygen atoms in total. The first kappa shape index (κ1) is 14.9. The Labute approximate surface area is 127 Å². The monoisotopic (exact) mass is 335 g/mol. The summed E-state index contributed by atoms with van der Waals surface area (Å²) < 4.78 is 1.05. The Balaban J connectivity index is 2.12. The summed E-state index contributed by atoms with van der Waals surface area (Å²) in [6, 6.07) is 13.0. The van der Waals surface area contributed by atoms with Gasteiger partial charge in [-0.15, -0.1) is 0 Å². The predicted octanol–water partition coefficient (Wildman–Crippen LogP) is 4.27. The largest absolute Gasteiger partial charge is 0.508 e. The summed E-state index contributed by atoms with van der Waals surface area (Å²) in [5.74, 6) is 0.146. The molecule has 20 heavy (non-hydrogen) atoms. The van der Waals surface area contributed by atoms with E-state index >= 15 is 0 Å². The van der Waals surface area contributed by atoms with E-state index in [1.807, 2.05) is 19.1 Å². The van der Waals surface area contributed by atoms with E-state index in [-0.39, 0.29) is 23.6 Å². The summed E-state index contributed by atoms with van der Waals surface area (Å²) in [6.45, 7) is 4.09. The van der Waals surface area contributed by atoms with E-state index in [9.17, 15) is 10.2 Å². The van der Waals surface area contributed by atoms with Gasteiger partial charge in [-0.2, -0.15) is 0 Å². The number of halogens is 1. The van der Waals surface area contributed by atoms with Crippen LogP contribution >= 0.6 is 15.9 Å². The first-order valence-corrected chi connectivity index (χ1v) is 7.29. The lowest BCUT2D eigenvalue weighted by atomic mass is 10.0. The third kappa shape index (κ3) is 3.74. The van der Waals surface area contributed by atoms with Gasteiger partial charge in [-0.1, -0.05) is 28.1 Å².